The lowest BCUT2D eigenvalue weighted by Crippen LogP contribution is -3.00. The minimum absolute atomic E-state index is 0. The Kier molecular flexibility index (Phi) is 8.85. The average Bonchev–Trinajstić information content (AvgIpc) is 2.87. The third kappa shape index (κ3) is 5.54. The second-order valence-corrected chi connectivity index (χ2v) is 11.7. The molecule has 0 N–H and O–H groups in total. The van der Waals surface area contributed by atoms with Crippen molar-refractivity contribution in [1.82, 2.24) is 0 Å². The molecule has 0 saturated carbocycles. The highest BCUT2D eigenvalue weighted by molar-refractivity contribution is 7.95. The van der Waals surface area contributed by atoms with Crippen molar-refractivity contribution in [2.45, 2.75) is 25.9 Å². The molecule has 166 valence electrons. The summed E-state index contributed by atoms with van der Waals surface area (Å²) in [4.78, 5) is 0. The summed E-state index contributed by atoms with van der Waals surface area (Å²) in [5, 5.41) is 13.6. The molecule has 0 aliphatic carbocycles. The van der Waals surface area contributed by atoms with Crippen LogP contribution in [0.2, 0.25) is 0 Å². The Bertz CT molecular complexity index is 1070. The number of hydrogen-bond acceptors (Lipinski definition) is 1. The molecule has 0 saturated heterocycles. The first kappa shape index (κ1) is 24.7. The van der Waals surface area contributed by atoms with Crippen molar-refractivity contribution in [2.24, 2.45) is 5.92 Å². The molecule has 0 bridgehead atoms. The van der Waals surface area contributed by atoms with Gasteiger partial charge in [0.15, 0.2) is 0 Å². The van der Waals surface area contributed by atoms with Crippen molar-refractivity contribution in [3.05, 3.63) is 126 Å². The van der Waals surface area contributed by atoms with Crippen molar-refractivity contribution in [3.63, 3.8) is 0 Å². The highest BCUT2D eigenvalue weighted by Gasteiger charge is 2.45. The van der Waals surface area contributed by atoms with Crippen LogP contribution in [0.3, 0.4) is 0 Å². The van der Waals surface area contributed by atoms with Gasteiger partial charge in [-0.3, -0.25) is 0 Å². The molecule has 33 heavy (non-hydrogen) atoms. The summed E-state index contributed by atoms with van der Waals surface area (Å²) in [7, 11) is -1.91. The molecule has 1 unspecified atom stereocenters. The van der Waals surface area contributed by atoms with Crippen LogP contribution in [0, 0.1) is 17.2 Å². The van der Waals surface area contributed by atoms with Crippen LogP contribution in [-0.4, -0.2) is 0 Å². The second kappa shape index (κ2) is 11.8. The lowest BCUT2D eigenvalue weighted by Gasteiger charge is -2.28. The topological polar surface area (TPSA) is 23.8 Å². The van der Waals surface area contributed by atoms with Gasteiger partial charge in [-0.05, 0) is 60.4 Å². The first-order chi connectivity index (χ1) is 15.8. The summed E-state index contributed by atoms with van der Waals surface area (Å²) in [5.74, 6) is 0.0715. The SMILES string of the molecule is CCC(C#N)Cc1cccc(C[P+](c2ccccc2)(c2ccccc2)c2ccccc2)c1.[Cl-]. The predicted octanol–water partition coefficient (Wildman–Crippen LogP) is 3.28. The number of benzene rings is 4. The largest absolute Gasteiger partial charge is 1.00 e. The van der Waals surface area contributed by atoms with E-state index in [0.717, 1.165) is 19.0 Å². The van der Waals surface area contributed by atoms with E-state index in [1.165, 1.54) is 27.0 Å². The molecule has 1 nitrogen and oxygen atoms in total. The Labute approximate surface area is 204 Å². The van der Waals surface area contributed by atoms with Crippen LogP contribution in [0.4, 0.5) is 0 Å². The number of rotatable bonds is 8. The van der Waals surface area contributed by atoms with E-state index in [9.17, 15) is 5.26 Å². The van der Waals surface area contributed by atoms with E-state index in [4.69, 9.17) is 0 Å². The molecule has 0 amide bonds. The molecule has 0 radical (unpaired) electrons. The second-order valence-electron chi connectivity index (χ2n) is 8.23. The quantitative estimate of drug-likeness (QED) is 0.363. The smallest absolute Gasteiger partial charge is 0.116 e. The molecule has 4 rings (SSSR count). The van der Waals surface area contributed by atoms with E-state index >= 15 is 0 Å². The van der Waals surface area contributed by atoms with Gasteiger partial charge in [-0.2, -0.15) is 5.26 Å². The van der Waals surface area contributed by atoms with Crippen molar-refractivity contribution >= 4 is 23.2 Å². The number of nitrogens with zero attached hydrogens (tertiary/aromatic N) is 1. The molecule has 0 spiro atoms. The maximum atomic E-state index is 9.44. The van der Waals surface area contributed by atoms with Crippen LogP contribution in [0.15, 0.2) is 115 Å². The van der Waals surface area contributed by atoms with Gasteiger partial charge in [0.25, 0.3) is 0 Å². The highest BCUT2D eigenvalue weighted by atomic mass is 35.5. The number of nitriles is 1. The van der Waals surface area contributed by atoms with Crippen LogP contribution in [0.5, 0.6) is 0 Å². The highest BCUT2D eigenvalue weighted by Crippen LogP contribution is 2.58. The molecular weight excluding hydrogens is 441 g/mol. The van der Waals surface area contributed by atoms with Gasteiger partial charge in [-0.15, -0.1) is 0 Å². The van der Waals surface area contributed by atoms with Gasteiger partial charge in [0.2, 0.25) is 0 Å². The fourth-order valence-corrected chi connectivity index (χ4v) is 8.69. The zero-order chi connectivity index (χ0) is 22.2. The third-order valence-electron chi connectivity index (χ3n) is 6.16. The van der Waals surface area contributed by atoms with E-state index in [1.54, 1.807) is 0 Å². The Balaban J connectivity index is 0.00000306. The lowest BCUT2D eigenvalue weighted by molar-refractivity contribution is -0.00000660. The molecular formula is C30H29ClNP. The van der Waals surface area contributed by atoms with Gasteiger partial charge >= 0.3 is 0 Å². The number of hydrogen-bond donors (Lipinski definition) is 0. The summed E-state index contributed by atoms with van der Waals surface area (Å²) in [6.45, 7) is 2.09. The van der Waals surface area contributed by atoms with Gasteiger partial charge in [0.05, 0.1) is 18.1 Å². The summed E-state index contributed by atoms with van der Waals surface area (Å²) in [5.41, 5.74) is 2.59. The van der Waals surface area contributed by atoms with Crippen LogP contribution in [-0.2, 0) is 12.6 Å². The fraction of sp³-hybridized carbons (Fsp3) is 0.167. The average molecular weight is 470 g/mol. The molecule has 0 heterocycles. The number of halogens is 1. The maximum absolute atomic E-state index is 9.44. The van der Waals surface area contributed by atoms with E-state index in [1.807, 2.05) is 0 Å². The van der Waals surface area contributed by atoms with E-state index in [2.05, 4.69) is 128 Å². The van der Waals surface area contributed by atoms with Crippen molar-refractivity contribution in [2.75, 3.05) is 0 Å². The molecule has 0 aliphatic heterocycles. The molecule has 4 aromatic rings. The minimum atomic E-state index is -1.91. The van der Waals surface area contributed by atoms with Crippen molar-refractivity contribution < 1.29 is 12.4 Å². The molecule has 0 aromatic heterocycles. The minimum Gasteiger partial charge on any atom is -1.00 e. The van der Waals surface area contributed by atoms with Gasteiger partial charge in [0.1, 0.15) is 23.2 Å². The zero-order valence-corrected chi connectivity index (χ0v) is 20.6. The molecule has 1 atom stereocenters. The van der Waals surface area contributed by atoms with Crippen LogP contribution in [0.1, 0.15) is 24.5 Å². The van der Waals surface area contributed by atoms with E-state index in [-0.39, 0.29) is 18.3 Å². The predicted molar refractivity (Wildman–Crippen MR) is 138 cm³/mol. The summed E-state index contributed by atoms with van der Waals surface area (Å²) in [6.07, 6.45) is 2.66. The van der Waals surface area contributed by atoms with E-state index < -0.39 is 7.26 Å². The third-order valence-corrected chi connectivity index (χ3v) is 10.5. The monoisotopic (exact) mass is 469 g/mol. The Hall–Kier alpha value is -2.91. The zero-order valence-electron chi connectivity index (χ0n) is 18.9. The van der Waals surface area contributed by atoms with Crippen LogP contribution in [0.25, 0.3) is 0 Å². The van der Waals surface area contributed by atoms with E-state index in [0.29, 0.717) is 0 Å². The van der Waals surface area contributed by atoms with Crippen molar-refractivity contribution in [3.8, 4) is 6.07 Å². The molecule has 0 aliphatic rings. The standard InChI is InChI=1S/C30H29NP.ClH/c1-2-25(23-31)21-26-13-12-14-27(22-26)24-32(28-15-6-3-7-16-28,29-17-8-4-9-18-29)30-19-10-5-11-20-30;/h3-20,22,25H,2,21,24H2,1H3;1H/q+1;/p-1. The summed E-state index contributed by atoms with van der Waals surface area (Å²) >= 11 is 0. The van der Waals surface area contributed by atoms with Crippen LogP contribution >= 0.6 is 7.26 Å². The maximum Gasteiger partial charge on any atom is 0.116 e. The summed E-state index contributed by atoms with van der Waals surface area (Å²) in [6, 6.07) is 44.3. The summed E-state index contributed by atoms with van der Waals surface area (Å²) < 4.78 is 0. The fourth-order valence-electron chi connectivity index (χ4n) is 4.46. The Morgan fingerprint density at radius 3 is 1.55 bits per heavy atom. The van der Waals surface area contributed by atoms with Gasteiger partial charge in [0, 0.05) is 0 Å². The Morgan fingerprint density at radius 2 is 1.12 bits per heavy atom. The lowest BCUT2D eigenvalue weighted by atomic mass is 9.97. The van der Waals surface area contributed by atoms with Gasteiger partial charge < -0.3 is 12.4 Å². The van der Waals surface area contributed by atoms with Gasteiger partial charge in [-0.1, -0.05) is 85.8 Å². The first-order valence-corrected chi connectivity index (χ1v) is 13.3. The van der Waals surface area contributed by atoms with Crippen molar-refractivity contribution in [1.29, 1.82) is 5.26 Å². The molecule has 4 aromatic carbocycles. The Morgan fingerprint density at radius 1 is 0.667 bits per heavy atom. The molecule has 0 fully saturated rings. The first-order valence-electron chi connectivity index (χ1n) is 11.3. The van der Waals surface area contributed by atoms with Gasteiger partial charge in [-0.25, -0.2) is 0 Å². The normalized spacial score (nSPS) is 11.8. The molecule has 3 heteroatoms. The van der Waals surface area contributed by atoms with Crippen LogP contribution < -0.4 is 28.3 Å².